The minimum atomic E-state index is -4.44. The van der Waals surface area contributed by atoms with Crippen molar-refractivity contribution in [1.29, 1.82) is 0 Å². The number of aromatic amines is 1. The highest BCUT2D eigenvalue weighted by molar-refractivity contribution is 5.22. The average Bonchev–Trinajstić information content (AvgIpc) is 2.60. The summed E-state index contributed by atoms with van der Waals surface area (Å²) in [5, 5.41) is 14.7. The normalized spacial score (nSPS) is 20.3. The highest BCUT2D eigenvalue weighted by Crippen LogP contribution is 2.45. The SMILES string of the molecule is OC1(c2cc(C(F)(F)F)n[nH]2)CC1. The first-order valence-electron chi connectivity index (χ1n) is 3.77. The summed E-state index contributed by atoms with van der Waals surface area (Å²) in [7, 11) is 0. The number of nitrogens with one attached hydrogen (secondary N) is 1. The summed E-state index contributed by atoms with van der Waals surface area (Å²) in [5.74, 6) is 0. The van der Waals surface area contributed by atoms with E-state index in [9.17, 15) is 18.3 Å². The van der Waals surface area contributed by atoms with Crippen LogP contribution >= 0.6 is 0 Å². The predicted molar refractivity (Wildman–Crippen MR) is 36.7 cm³/mol. The number of rotatable bonds is 1. The third-order valence-corrected chi connectivity index (χ3v) is 2.09. The Morgan fingerprint density at radius 3 is 2.46 bits per heavy atom. The minimum absolute atomic E-state index is 0.153. The van der Waals surface area contributed by atoms with Gasteiger partial charge in [-0.3, -0.25) is 5.10 Å². The van der Waals surface area contributed by atoms with E-state index in [1.54, 1.807) is 0 Å². The van der Waals surface area contributed by atoms with Crippen molar-refractivity contribution in [2.45, 2.75) is 24.6 Å². The van der Waals surface area contributed by atoms with Gasteiger partial charge in [-0.25, -0.2) is 0 Å². The van der Waals surface area contributed by atoms with Crippen molar-refractivity contribution in [1.82, 2.24) is 10.2 Å². The molecule has 1 heterocycles. The van der Waals surface area contributed by atoms with Crippen LogP contribution in [0.1, 0.15) is 24.2 Å². The van der Waals surface area contributed by atoms with Gasteiger partial charge in [0, 0.05) is 0 Å². The molecule has 1 aliphatic rings. The Kier molecular flexibility index (Phi) is 1.48. The molecule has 1 aromatic heterocycles. The average molecular weight is 192 g/mol. The smallest absolute Gasteiger partial charge is 0.384 e. The Labute approximate surface area is 71.6 Å². The number of halogens is 3. The quantitative estimate of drug-likeness (QED) is 0.706. The molecule has 1 aromatic rings. The lowest BCUT2D eigenvalue weighted by Crippen LogP contribution is -2.05. The molecule has 2 N–H and O–H groups in total. The van der Waals surface area contributed by atoms with Crippen LogP contribution in [0.2, 0.25) is 0 Å². The second-order valence-electron chi connectivity index (χ2n) is 3.20. The summed E-state index contributed by atoms with van der Waals surface area (Å²) >= 11 is 0. The van der Waals surface area contributed by atoms with Gasteiger partial charge in [0.2, 0.25) is 0 Å². The van der Waals surface area contributed by atoms with Crippen molar-refractivity contribution in [2.75, 3.05) is 0 Å². The summed E-state index contributed by atoms with van der Waals surface area (Å²) in [4.78, 5) is 0. The molecule has 0 aliphatic heterocycles. The van der Waals surface area contributed by atoms with Crippen LogP contribution in [0.4, 0.5) is 13.2 Å². The van der Waals surface area contributed by atoms with Crippen LogP contribution in [0.5, 0.6) is 0 Å². The van der Waals surface area contributed by atoms with Crippen molar-refractivity contribution < 1.29 is 18.3 Å². The molecule has 0 bridgehead atoms. The molecule has 0 saturated heterocycles. The highest BCUT2D eigenvalue weighted by atomic mass is 19.4. The van der Waals surface area contributed by atoms with E-state index < -0.39 is 17.5 Å². The fourth-order valence-electron chi connectivity index (χ4n) is 1.09. The first-order valence-corrected chi connectivity index (χ1v) is 3.77. The van der Waals surface area contributed by atoms with Crippen LogP contribution in [0.15, 0.2) is 6.07 Å². The molecule has 0 spiro atoms. The van der Waals surface area contributed by atoms with Crippen molar-refractivity contribution in [3.63, 3.8) is 0 Å². The standard InChI is InChI=1S/C7H7F3N2O/c8-7(9,10)5-3-4(11-12-5)6(13)1-2-6/h3,13H,1-2H2,(H,11,12). The van der Waals surface area contributed by atoms with Crippen molar-refractivity contribution in [2.24, 2.45) is 0 Å². The van der Waals surface area contributed by atoms with Gasteiger partial charge in [0.15, 0.2) is 5.69 Å². The second kappa shape index (κ2) is 2.25. The fraction of sp³-hybridized carbons (Fsp3) is 0.571. The second-order valence-corrected chi connectivity index (χ2v) is 3.20. The van der Waals surface area contributed by atoms with Crippen LogP contribution < -0.4 is 0 Å². The van der Waals surface area contributed by atoms with Gasteiger partial charge in [-0.2, -0.15) is 18.3 Å². The number of H-pyrrole nitrogens is 1. The molecule has 13 heavy (non-hydrogen) atoms. The zero-order valence-electron chi connectivity index (χ0n) is 6.52. The predicted octanol–water partition coefficient (Wildman–Crippen LogP) is 1.41. The molecule has 72 valence electrons. The summed E-state index contributed by atoms with van der Waals surface area (Å²) in [6.07, 6.45) is -3.46. The van der Waals surface area contributed by atoms with Crippen LogP contribution in [-0.2, 0) is 11.8 Å². The first-order chi connectivity index (χ1) is 5.92. The summed E-state index contributed by atoms with van der Waals surface area (Å²) in [6, 6.07) is 0.854. The van der Waals surface area contributed by atoms with Crippen molar-refractivity contribution in [3.05, 3.63) is 17.5 Å². The molecule has 0 unspecified atom stereocenters. The zero-order valence-corrected chi connectivity index (χ0v) is 6.52. The number of hydrogen-bond donors (Lipinski definition) is 2. The lowest BCUT2D eigenvalue weighted by Gasteiger charge is -2.01. The lowest BCUT2D eigenvalue weighted by molar-refractivity contribution is -0.141. The van der Waals surface area contributed by atoms with Crippen molar-refractivity contribution >= 4 is 0 Å². The van der Waals surface area contributed by atoms with E-state index in [0.717, 1.165) is 6.07 Å². The molecule has 0 aromatic carbocycles. The Hall–Kier alpha value is -1.04. The molecule has 1 aliphatic carbocycles. The molecule has 6 heteroatoms. The Balaban J connectivity index is 2.29. The van der Waals surface area contributed by atoms with Crippen LogP contribution in [0.3, 0.4) is 0 Å². The third-order valence-electron chi connectivity index (χ3n) is 2.09. The molecule has 0 radical (unpaired) electrons. The fourth-order valence-corrected chi connectivity index (χ4v) is 1.09. The van der Waals surface area contributed by atoms with E-state index in [4.69, 9.17) is 0 Å². The molecule has 1 fully saturated rings. The number of alkyl halides is 3. The molecule has 0 atom stereocenters. The third kappa shape index (κ3) is 1.41. The molecule has 0 amide bonds. The van der Waals surface area contributed by atoms with E-state index in [2.05, 4.69) is 10.2 Å². The first kappa shape index (κ1) is 8.55. The van der Waals surface area contributed by atoms with E-state index >= 15 is 0 Å². The maximum atomic E-state index is 12.0. The van der Waals surface area contributed by atoms with Gasteiger partial charge < -0.3 is 5.11 Å². The van der Waals surface area contributed by atoms with Gasteiger partial charge in [-0.15, -0.1) is 0 Å². The van der Waals surface area contributed by atoms with Crippen LogP contribution in [-0.4, -0.2) is 15.3 Å². The van der Waals surface area contributed by atoms with Gasteiger partial charge in [0.1, 0.15) is 5.60 Å². The number of aromatic nitrogens is 2. The summed E-state index contributed by atoms with van der Waals surface area (Å²) in [6.45, 7) is 0. The monoisotopic (exact) mass is 192 g/mol. The number of hydrogen-bond acceptors (Lipinski definition) is 2. The molecular formula is C7H7F3N2O. The van der Waals surface area contributed by atoms with Gasteiger partial charge in [0.05, 0.1) is 5.69 Å². The maximum absolute atomic E-state index is 12.0. The minimum Gasteiger partial charge on any atom is -0.384 e. The molecule has 2 rings (SSSR count). The van der Waals surface area contributed by atoms with Gasteiger partial charge >= 0.3 is 6.18 Å². The van der Waals surface area contributed by atoms with E-state index in [-0.39, 0.29) is 5.69 Å². The maximum Gasteiger partial charge on any atom is 0.435 e. The lowest BCUT2D eigenvalue weighted by atomic mass is 10.2. The summed E-state index contributed by atoms with van der Waals surface area (Å²) in [5.41, 5.74) is -1.92. The largest absolute Gasteiger partial charge is 0.435 e. The summed E-state index contributed by atoms with van der Waals surface area (Å²) < 4.78 is 36.1. The number of nitrogens with zero attached hydrogens (tertiary/aromatic N) is 1. The van der Waals surface area contributed by atoms with Crippen molar-refractivity contribution in [3.8, 4) is 0 Å². The Morgan fingerprint density at radius 1 is 1.46 bits per heavy atom. The Bertz CT molecular complexity index is 307. The number of aliphatic hydroxyl groups is 1. The van der Waals surface area contributed by atoms with E-state index in [0.29, 0.717) is 12.8 Å². The molecule has 1 saturated carbocycles. The Morgan fingerprint density at radius 2 is 2.08 bits per heavy atom. The van der Waals surface area contributed by atoms with E-state index in [1.807, 2.05) is 0 Å². The van der Waals surface area contributed by atoms with Gasteiger partial charge in [0.25, 0.3) is 0 Å². The molecule has 3 nitrogen and oxygen atoms in total. The van der Waals surface area contributed by atoms with E-state index in [1.165, 1.54) is 0 Å². The molecular weight excluding hydrogens is 185 g/mol. The van der Waals surface area contributed by atoms with Crippen LogP contribution in [0, 0.1) is 0 Å². The topological polar surface area (TPSA) is 48.9 Å². The van der Waals surface area contributed by atoms with Gasteiger partial charge in [-0.05, 0) is 18.9 Å². The highest BCUT2D eigenvalue weighted by Gasteiger charge is 2.45. The van der Waals surface area contributed by atoms with Gasteiger partial charge in [-0.1, -0.05) is 0 Å². The zero-order chi connectivity index (χ0) is 9.69. The van der Waals surface area contributed by atoms with Crippen LogP contribution in [0.25, 0.3) is 0 Å².